The number of carbonyl (C=O) groups is 1. The third kappa shape index (κ3) is 1.75. The van der Waals surface area contributed by atoms with Crippen LogP contribution in [-0.2, 0) is 4.79 Å². The first kappa shape index (κ1) is 10.8. The number of thiophene rings is 1. The molecule has 2 nitrogen and oxygen atoms in total. The summed E-state index contributed by atoms with van der Waals surface area (Å²) in [4.78, 5) is 11.3. The summed E-state index contributed by atoms with van der Waals surface area (Å²) in [6.45, 7) is 0. The van der Waals surface area contributed by atoms with Crippen LogP contribution >= 0.6 is 11.3 Å². The molecule has 1 saturated carbocycles. The number of carboxylic acids is 1. The van der Waals surface area contributed by atoms with Crippen LogP contribution < -0.4 is 0 Å². The summed E-state index contributed by atoms with van der Waals surface area (Å²) in [6.07, 6.45) is 2.86. The van der Waals surface area contributed by atoms with Gasteiger partial charge >= 0.3 is 5.97 Å². The standard InChI is InChI=1S/C14H14O2S/c15-14(16)12-6-2-4-10(12)11-5-1-3-9-7-8-17-13(9)11/h1,3,5,7-8,10,12H,2,4,6H2,(H,15,16). The Bertz CT molecular complexity index is 558. The Kier molecular flexibility index (Phi) is 2.63. The first-order chi connectivity index (χ1) is 8.27. The lowest BCUT2D eigenvalue weighted by Crippen LogP contribution is -2.16. The summed E-state index contributed by atoms with van der Waals surface area (Å²) in [6, 6.07) is 8.35. The molecule has 1 aliphatic carbocycles. The fourth-order valence-corrected chi connectivity index (χ4v) is 3.91. The van der Waals surface area contributed by atoms with Gasteiger partial charge in [-0.15, -0.1) is 11.3 Å². The van der Waals surface area contributed by atoms with Crippen molar-refractivity contribution in [1.82, 2.24) is 0 Å². The van der Waals surface area contributed by atoms with E-state index in [1.807, 2.05) is 6.07 Å². The molecule has 2 unspecified atom stereocenters. The van der Waals surface area contributed by atoms with Gasteiger partial charge in [0, 0.05) is 4.70 Å². The molecule has 0 spiro atoms. The normalized spacial score (nSPS) is 24.2. The zero-order valence-corrected chi connectivity index (χ0v) is 10.2. The minimum absolute atomic E-state index is 0.192. The highest BCUT2D eigenvalue weighted by Gasteiger charge is 2.34. The highest BCUT2D eigenvalue weighted by Crippen LogP contribution is 2.43. The molecule has 2 atom stereocenters. The van der Waals surface area contributed by atoms with Crippen LogP contribution in [0.4, 0.5) is 0 Å². The van der Waals surface area contributed by atoms with E-state index < -0.39 is 5.97 Å². The molecule has 1 fully saturated rings. The van der Waals surface area contributed by atoms with Gasteiger partial charge in [-0.05, 0) is 41.2 Å². The van der Waals surface area contributed by atoms with Crippen molar-refractivity contribution < 1.29 is 9.90 Å². The van der Waals surface area contributed by atoms with E-state index in [9.17, 15) is 9.90 Å². The molecule has 1 aromatic heterocycles. The van der Waals surface area contributed by atoms with E-state index in [2.05, 4.69) is 23.6 Å². The summed E-state index contributed by atoms with van der Waals surface area (Å²) >= 11 is 1.72. The van der Waals surface area contributed by atoms with Crippen molar-refractivity contribution in [3.05, 3.63) is 35.2 Å². The largest absolute Gasteiger partial charge is 0.481 e. The van der Waals surface area contributed by atoms with Gasteiger partial charge in [0.15, 0.2) is 0 Å². The van der Waals surface area contributed by atoms with E-state index in [1.54, 1.807) is 11.3 Å². The number of rotatable bonds is 2. The fraction of sp³-hybridized carbons (Fsp3) is 0.357. The molecular weight excluding hydrogens is 232 g/mol. The lowest BCUT2D eigenvalue weighted by atomic mass is 9.88. The van der Waals surface area contributed by atoms with Crippen LogP contribution in [0.2, 0.25) is 0 Å². The van der Waals surface area contributed by atoms with Crippen LogP contribution in [0.1, 0.15) is 30.7 Å². The molecule has 3 heteroatoms. The smallest absolute Gasteiger partial charge is 0.307 e. The van der Waals surface area contributed by atoms with Gasteiger partial charge in [0.1, 0.15) is 0 Å². The Labute approximate surface area is 104 Å². The van der Waals surface area contributed by atoms with E-state index in [4.69, 9.17) is 0 Å². The predicted molar refractivity (Wildman–Crippen MR) is 69.5 cm³/mol. The number of benzene rings is 1. The van der Waals surface area contributed by atoms with Gasteiger partial charge in [-0.3, -0.25) is 4.79 Å². The summed E-state index contributed by atoms with van der Waals surface area (Å²) in [7, 11) is 0. The van der Waals surface area contributed by atoms with E-state index >= 15 is 0 Å². The number of hydrogen-bond donors (Lipinski definition) is 1. The summed E-state index contributed by atoms with van der Waals surface area (Å²) in [5.41, 5.74) is 1.24. The van der Waals surface area contributed by atoms with Crippen LogP contribution in [0, 0.1) is 5.92 Å². The zero-order chi connectivity index (χ0) is 11.8. The zero-order valence-electron chi connectivity index (χ0n) is 9.43. The van der Waals surface area contributed by atoms with Crippen LogP contribution in [0.15, 0.2) is 29.6 Å². The van der Waals surface area contributed by atoms with Gasteiger partial charge in [0.05, 0.1) is 5.92 Å². The SMILES string of the molecule is O=C(O)C1CCCC1c1cccc2ccsc12. The molecule has 0 bridgehead atoms. The molecule has 1 aliphatic rings. The van der Waals surface area contributed by atoms with Gasteiger partial charge in [-0.1, -0.05) is 24.6 Å². The lowest BCUT2D eigenvalue weighted by Gasteiger charge is -2.16. The molecule has 1 aromatic carbocycles. The van der Waals surface area contributed by atoms with Crippen LogP contribution in [0.3, 0.4) is 0 Å². The molecule has 1 N–H and O–H groups in total. The molecule has 0 radical (unpaired) electrons. The molecule has 0 aliphatic heterocycles. The maximum absolute atomic E-state index is 11.3. The second-order valence-electron chi connectivity index (χ2n) is 4.67. The average molecular weight is 246 g/mol. The van der Waals surface area contributed by atoms with Gasteiger partial charge in [-0.2, -0.15) is 0 Å². The van der Waals surface area contributed by atoms with Crippen molar-refractivity contribution in [2.24, 2.45) is 5.92 Å². The van der Waals surface area contributed by atoms with Gasteiger partial charge in [0.2, 0.25) is 0 Å². The highest BCUT2D eigenvalue weighted by molar-refractivity contribution is 7.17. The average Bonchev–Trinajstić information content (AvgIpc) is 2.97. The highest BCUT2D eigenvalue weighted by atomic mass is 32.1. The predicted octanol–water partition coefficient (Wildman–Crippen LogP) is 3.87. The van der Waals surface area contributed by atoms with E-state index in [1.165, 1.54) is 15.6 Å². The quantitative estimate of drug-likeness (QED) is 0.873. The van der Waals surface area contributed by atoms with Crippen LogP contribution in [-0.4, -0.2) is 11.1 Å². The summed E-state index contributed by atoms with van der Waals surface area (Å²) < 4.78 is 1.27. The molecule has 88 valence electrons. The molecule has 3 rings (SSSR count). The second-order valence-corrected chi connectivity index (χ2v) is 5.58. The topological polar surface area (TPSA) is 37.3 Å². The maximum atomic E-state index is 11.3. The van der Waals surface area contributed by atoms with Crippen LogP contribution in [0.5, 0.6) is 0 Å². The summed E-state index contributed by atoms with van der Waals surface area (Å²) in [5, 5.41) is 12.6. The molecule has 17 heavy (non-hydrogen) atoms. The molecule has 0 saturated heterocycles. The Hall–Kier alpha value is -1.35. The van der Waals surface area contributed by atoms with Gasteiger partial charge in [-0.25, -0.2) is 0 Å². The Morgan fingerprint density at radius 2 is 2.18 bits per heavy atom. The molecular formula is C14H14O2S. The third-order valence-corrected chi connectivity index (χ3v) is 4.72. The number of carboxylic acid groups (broad SMARTS) is 1. The Morgan fingerprint density at radius 3 is 3.00 bits per heavy atom. The fourth-order valence-electron chi connectivity index (χ4n) is 2.94. The molecule has 2 aromatic rings. The Balaban J connectivity index is 2.08. The van der Waals surface area contributed by atoms with E-state index in [0.29, 0.717) is 0 Å². The van der Waals surface area contributed by atoms with Crippen LogP contribution in [0.25, 0.3) is 10.1 Å². The maximum Gasteiger partial charge on any atom is 0.307 e. The third-order valence-electron chi connectivity index (χ3n) is 3.74. The van der Waals surface area contributed by atoms with Crippen molar-refractivity contribution in [3.63, 3.8) is 0 Å². The van der Waals surface area contributed by atoms with Crippen molar-refractivity contribution in [2.75, 3.05) is 0 Å². The van der Waals surface area contributed by atoms with E-state index in [-0.39, 0.29) is 11.8 Å². The number of hydrogen-bond acceptors (Lipinski definition) is 2. The minimum Gasteiger partial charge on any atom is -0.481 e. The molecule has 0 amide bonds. The Morgan fingerprint density at radius 1 is 1.29 bits per heavy atom. The van der Waals surface area contributed by atoms with Crippen molar-refractivity contribution >= 4 is 27.4 Å². The van der Waals surface area contributed by atoms with Gasteiger partial charge < -0.3 is 5.11 Å². The number of aliphatic carboxylic acids is 1. The molecule has 1 heterocycles. The monoisotopic (exact) mass is 246 g/mol. The number of fused-ring (bicyclic) bond motifs is 1. The van der Waals surface area contributed by atoms with Gasteiger partial charge in [0.25, 0.3) is 0 Å². The van der Waals surface area contributed by atoms with Crippen molar-refractivity contribution in [3.8, 4) is 0 Å². The first-order valence-electron chi connectivity index (χ1n) is 5.96. The van der Waals surface area contributed by atoms with Crippen molar-refractivity contribution in [2.45, 2.75) is 25.2 Å². The summed E-state index contributed by atoms with van der Waals surface area (Å²) in [5.74, 6) is -0.626. The first-order valence-corrected chi connectivity index (χ1v) is 6.84. The minimum atomic E-state index is -0.638. The second kappa shape index (κ2) is 4.15. The van der Waals surface area contributed by atoms with E-state index in [0.717, 1.165) is 19.3 Å². The lowest BCUT2D eigenvalue weighted by molar-refractivity contribution is -0.141. The van der Waals surface area contributed by atoms with Crippen molar-refractivity contribution in [1.29, 1.82) is 0 Å².